The van der Waals surface area contributed by atoms with Gasteiger partial charge in [-0.3, -0.25) is 19.3 Å². The summed E-state index contributed by atoms with van der Waals surface area (Å²) in [5, 5.41) is 7.83. The van der Waals surface area contributed by atoms with Crippen LogP contribution in [0.2, 0.25) is 0 Å². The van der Waals surface area contributed by atoms with Crippen LogP contribution in [0.3, 0.4) is 0 Å². The third kappa shape index (κ3) is 2.88. The molecule has 4 heterocycles. The molecule has 2 aromatic rings. The molecule has 1 N–H and O–H groups in total. The molecule has 0 atom stereocenters. The van der Waals surface area contributed by atoms with Crippen molar-refractivity contribution in [3.8, 4) is 0 Å². The number of urea groups is 1. The Morgan fingerprint density at radius 1 is 1.20 bits per heavy atom. The fourth-order valence-corrected chi connectivity index (χ4v) is 3.31. The molecule has 0 unspecified atom stereocenters. The van der Waals surface area contributed by atoms with Gasteiger partial charge in [0.15, 0.2) is 5.65 Å². The van der Waals surface area contributed by atoms with Gasteiger partial charge in [0.25, 0.3) is 0 Å². The van der Waals surface area contributed by atoms with E-state index in [1.165, 1.54) is 4.90 Å². The molecule has 25 heavy (non-hydrogen) atoms. The van der Waals surface area contributed by atoms with Crippen LogP contribution in [0.1, 0.15) is 0 Å². The number of amides is 3. The Hall–Kier alpha value is -2.75. The van der Waals surface area contributed by atoms with E-state index < -0.39 is 0 Å². The van der Waals surface area contributed by atoms with Gasteiger partial charge in [-0.2, -0.15) is 5.10 Å². The van der Waals surface area contributed by atoms with Crippen LogP contribution in [0.5, 0.6) is 0 Å². The summed E-state index contributed by atoms with van der Waals surface area (Å²) in [4.78, 5) is 38.0. The molecule has 10 nitrogen and oxygen atoms in total. The van der Waals surface area contributed by atoms with Gasteiger partial charge in [0, 0.05) is 46.3 Å². The monoisotopic (exact) mass is 344 g/mol. The number of hydrogen-bond acceptors (Lipinski definition) is 7. The van der Waals surface area contributed by atoms with E-state index in [0.717, 1.165) is 43.0 Å². The number of imide groups is 1. The van der Waals surface area contributed by atoms with Crippen molar-refractivity contribution in [1.29, 1.82) is 0 Å². The first kappa shape index (κ1) is 15.8. The van der Waals surface area contributed by atoms with Gasteiger partial charge in [-0.1, -0.05) is 0 Å². The average molecular weight is 344 g/mol. The smallest absolute Gasteiger partial charge is 0.324 e. The number of carbonyl (C=O) groups excluding carboxylic acids is 2. The highest BCUT2D eigenvalue weighted by Gasteiger charge is 2.29. The average Bonchev–Trinajstić information content (AvgIpc) is 3.22. The van der Waals surface area contributed by atoms with Crippen LogP contribution < -0.4 is 10.2 Å². The molecule has 2 aliphatic rings. The Morgan fingerprint density at radius 2 is 2.00 bits per heavy atom. The highest BCUT2D eigenvalue weighted by Crippen LogP contribution is 2.23. The highest BCUT2D eigenvalue weighted by atomic mass is 16.2. The summed E-state index contributed by atoms with van der Waals surface area (Å²) in [6.45, 7) is 4.28. The number of anilines is 1. The van der Waals surface area contributed by atoms with Crippen LogP contribution in [0, 0.1) is 0 Å². The maximum Gasteiger partial charge on any atom is 0.324 e. The first-order valence-corrected chi connectivity index (χ1v) is 8.31. The number of aryl methyl sites for hydroxylation is 1. The molecule has 132 valence electrons. The minimum atomic E-state index is -0.288. The summed E-state index contributed by atoms with van der Waals surface area (Å²) in [6, 6.07) is -0.288. The van der Waals surface area contributed by atoms with Gasteiger partial charge in [0.1, 0.15) is 12.1 Å². The summed E-state index contributed by atoms with van der Waals surface area (Å²) in [6.07, 6.45) is 3.34. The summed E-state index contributed by atoms with van der Waals surface area (Å²) in [5.74, 6) is 0.739. The number of aromatic nitrogens is 4. The zero-order valence-corrected chi connectivity index (χ0v) is 14.1. The molecule has 0 bridgehead atoms. The Labute approximate surface area is 144 Å². The number of nitrogens with one attached hydrogen (secondary N) is 1. The number of nitrogens with zero attached hydrogens (tertiary/aromatic N) is 7. The van der Waals surface area contributed by atoms with E-state index in [2.05, 4.69) is 30.2 Å². The Morgan fingerprint density at radius 3 is 2.72 bits per heavy atom. The van der Waals surface area contributed by atoms with Gasteiger partial charge in [-0.25, -0.2) is 14.8 Å². The summed E-state index contributed by atoms with van der Waals surface area (Å²) < 4.78 is 1.73. The largest absolute Gasteiger partial charge is 0.353 e. The van der Waals surface area contributed by atoms with Gasteiger partial charge in [0.05, 0.1) is 18.1 Å². The number of rotatable bonds is 3. The van der Waals surface area contributed by atoms with Crippen LogP contribution in [0.4, 0.5) is 10.6 Å². The molecule has 0 saturated carbocycles. The van der Waals surface area contributed by atoms with Crippen LogP contribution in [-0.4, -0.2) is 87.3 Å². The predicted octanol–water partition coefficient (Wildman–Crippen LogP) is -0.963. The zero-order valence-electron chi connectivity index (χ0n) is 14.1. The maximum absolute atomic E-state index is 12.2. The lowest BCUT2D eigenvalue weighted by Crippen LogP contribution is -2.50. The molecular weight excluding hydrogens is 324 g/mol. The lowest BCUT2D eigenvalue weighted by atomic mass is 10.2. The van der Waals surface area contributed by atoms with Crippen molar-refractivity contribution >= 4 is 28.8 Å². The molecule has 2 fully saturated rings. The SMILES string of the molecule is Cn1ncc2c(N3CCN(CC(=O)N4CCNC4=O)CC3)ncnc21. The molecule has 0 aliphatic carbocycles. The molecule has 2 saturated heterocycles. The van der Waals surface area contributed by atoms with Crippen molar-refractivity contribution < 1.29 is 9.59 Å². The van der Waals surface area contributed by atoms with Crippen molar-refractivity contribution in [2.24, 2.45) is 7.05 Å². The van der Waals surface area contributed by atoms with E-state index in [4.69, 9.17) is 0 Å². The van der Waals surface area contributed by atoms with Gasteiger partial charge in [-0.05, 0) is 0 Å². The van der Waals surface area contributed by atoms with Gasteiger partial charge in [-0.15, -0.1) is 0 Å². The van der Waals surface area contributed by atoms with Crippen molar-refractivity contribution in [2.75, 3.05) is 50.7 Å². The van der Waals surface area contributed by atoms with Gasteiger partial charge in [0.2, 0.25) is 5.91 Å². The second-order valence-corrected chi connectivity index (χ2v) is 6.24. The summed E-state index contributed by atoms with van der Waals surface area (Å²) >= 11 is 0. The Balaban J connectivity index is 1.39. The fourth-order valence-electron chi connectivity index (χ4n) is 3.31. The minimum Gasteiger partial charge on any atom is -0.353 e. The third-order valence-electron chi connectivity index (χ3n) is 4.70. The fraction of sp³-hybridized carbons (Fsp3) is 0.533. The molecule has 2 aliphatic heterocycles. The zero-order chi connectivity index (χ0) is 17.4. The predicted molar refractivity (Wildman–Crippen MR) is 90.1 cm³/mol. The van der Waals surface area contributed by atoms with Crippen LogP contribution in [0.25, 0.3) is 11.0 Å². The normalized spacial score (nSPS) is 18.8. The number of carbonyl (C=O) groups is 2. The van der Waals surface area contributed by atoms with Crippen molar-refractivity contribution in [3.63, 3.8) is 0 Å². The topological polar surface area (TPSA) is 99.5 Å². The summed E-state index contributed by atoms with van der Waals surface area (Å²) in [7, 11) is 1.86. The lowest BCUT2D eigenvalue weighted by molar-refractivity contribution is -0.128. The molecule has 0 radical (unpaired) electrons. The Kier molecular flexibility index (Phi) is 3.96. The van der Waals surface area contributed by atoms with Crippen molar-refractivity contribution in [3.05, 3.63) is 12.5 Å². The van der Waals surface area contributed by atoms with Crippen LogP contribution in [0.15, 0.2) is 12.5 Å². The van der Waals surface area contributed by atoms with Crippen LogP contribution in [-0.2, 0) is 11.8 Å². The van der Waals surface area contributed by atoms with E-state index in [1.807, 2.05) is 7.05 Å². The molecule has 0 aromatic carbocycles. The van der Waals surface area contributed by atoms with Crippen LogP contribution >= 0.6 is 0 Å². The lowest BCUT2D eigenvalue weighted by Gasteiger charge is -2.35. The molecule has 0 spiro atoms. The maximum atomic E-state index is 12.2. The van der Waals surface area contributed by atoms with Crippen molar-refractivity contribution in [2.45, 2.75) is 0 Å². The molecule has 10 heteroatoms. The van der Waals surface area contributed by atoms with Crippen molar-refractivity contribution in [1.82, 2.24) is 34.9 Å². The minimum absolute atomic E-state index is 0.139. The van der Waals surface area contributed by atoms with E-state index >= 15 is 0 Å². The number of piperazine rings is 1. The van der Waals surface area contributed by atoms with E-state index in [1.54, 1.807) is 17.2 Å². The second-order valence-electron chi connectivity index (χ2n) is 6.24. The quantitative estimate of drug-likeness (QED) is 0.765. The van der Waals surface area contributed by atoms with Gasteiger partial charge < -0.3 is 10.2 Å². The molecule has 2 aromatic heterocycles. The molecular formula is C15H20N8O2. The second kappa shape index (κ2) is 6.28. The number of fused-ring (bicyclic) bond motifs is 1. The first-order chi connectivity index (χ1) is 12.1. The molecule has 4 rings (SSSR count). The van der Waals surface area contributed by atoms with E-state index in [0.29, 0.717) is 13.1 Å². The highest BCUT2D eigenvalue weighted by molar-refractivity contribution is 5.96. The van der Waals surface area contributed by atoms with Gasteiger partial charge >= 0.3 is 6.03 Å². The first-order valence-electron chi connectivity index (χ1n) is 8.31. The van der Waals surface area contributed by atoms with E-state index in [9.17, 15) is 9.59 Å². The number of hydrogen-bond donors (Lipinski definition) is 1. The van der Waals surface area contributed by atoms with E-state index in [-0.39, 0.29) is 18.5 Å². The standard InChI is InChI=1S/C15H20N8O2/c1-20-13-11(8-19-20)14(18-10-17-13)22-6-4-21(5-7-22)9-12(24)23-3-2-16-15(23)25/h8,10H,2-7,9H2,1H3,(H,16,25). The Bertz CT molecular complexity index is 811. The third-order valence-corrected chi connectivity index (χ3v) is 4.70. The summed E-state index contributed by atoms with van der Waals surface area (Å²) in [5.41, 5.74) is 0.808. The molecule has 3 amide bonds.